The van der Waals surface area contributed by atoms with Crippen molar-refractivity contribution >= 4 is 9.84 Å². The van der Waals surface area contributed by atoms with Gasteiger partial charge in [-0.2, -0.15) is 0 Å². The van der Waals surface area contributed by atoms with Crippen molar-refractivity contribution < 1.29 is 12.8 Å². The van der Waals surface area contributed by atoms with Crippen LogP contribution in [0.1, 0.15) is 11.1 Å². The molecule has 110 valence electrons. The Kier molecular flexibility index (Phi) is 6.14. The van der Waals surface area contributed by atoms with Crippen LogP contribution in [0.2, 0.25) is 0 Å². The minimum absolute atomic E-state index is 0.102. The van der Waals surface area contributed by atoms with Crippen LogP contribution in [0.25, 0.3) is 0 Å². The molecule has 0 bridgehead atoms. The second-order valence-corrected chi connectivity index (χ2v) is 6.95. The molecule has 0 spiro atoms. The molecule has 1 aromatic rings. The van der Waals surface area contributed by atoms with Gasteiger partial charge in [0, 0.05) is 19.3 Å². The average Bonchev–Trinajstić information content (AvgIpc) is 2.36. The molecule has 0 amide bonds. The van der Waals surface area contributed by atoms with Gasteiger partial charge in [-0.3, -0.25) is 0 Å². The molecule has 6 heteroatoms. The Morgan fingerprint density at radius 1 is 1.40 bits per heavy atom. The molecule has 1 aromatic carbocycles. The van der Waals surface area contributed by atoms with E-state index in [0.29, 0.717) is 18.7 Å². The first-order valence-corrected chi connectivity index (χ1v) is 8.21. The normalized spacial score (nSPS) is 11.2. The zero-order valence-corrected chi connectivity index (χ0v) is 12.5. The van der Waals surface area contributed by atoms with Gasteiger partial charge in [0.05, 0.1) is 17.9 Å². The Morgan fingerprint density at radius 2 is 2.10 bits per heavy atom. The van der Waals surface area contributed by atoms with E-state index in [-0.39, 0.29) is 18.1 Å². The van der Waals surface area contributed by atoms with E-state index in [1.165, 1.54) is 12.3 Å². The molecule has 0 unspecified atom stereocenters. The molecule has 0 aromatic heterocycles. The van der Waals surface area contributed by atoms with Crippen LogP contribution in [0, 0.1) is 17.7 Å². The molecule has 0 heterocycles. The van der Waals surface area contributed by atoms with E-state index in [2.05, 4.69) is 11.8 Å². The number of hydrogen-bond donors (Lipinski definition) is 1. The number of rotatable bonds is 5. The van der Waals surface area contributed by atoms with Gasteiger partial charge in [-0.25, -0.2) is 12.8 Å². The standard InChI is InChI=1S/C14H19FN2O2S/c1-17(8-9-20(2,18)19)11-12-5-6-14(15)13(10-12)4-3-7-16/h5-6,10H,7-9,11,16H2,1-2H3. The van der Waals surface area contributed by atoms with Crippen LogP contribution in [0.3, 0.4) is 0 Å². The van der Waals surface area contributed by atoms with Crippen LogP contribution in [-0.4, -0.2) is 45.5 Å². The van der Waals surface area contributed by atoms with E-state index < -0.39 is 9.84 Å². The molecular formula is C14H19FN2O2S. The van der Waals surface area contributed by atoms with Crippen molar-refractivity contribution in [3.8, 4) is 11.8 Å². The largest absolute Gasteiger partial charge is 0.320 e. The lowest BCUT2D eigenvalue weighted by Crippen LogP contribution is -2.24. The highest BCUT2D eigenvalue weighted by Gasteiger charge is 2.07. The zero-order chi connectivity index (χ0) is 15.2. The topological polar surface area (TPSA) is 63.4 Å². The number of nitrogens with two attached hydrogens (primary N) is 1. The van der Waals surface area contributed by atoms with Crippen molar-refractivity contribution in [3.05, 3.63) is 35.1 Å². The molecular weight excluding hydrogens is 279 g/mol. The summed E-state index contributed by atoms with van der Waals surface area (Å²) < 4.78 is 35.7. The summed E-state index contributed by atoms with van der Waals surface area (Å²) in [5.74, 6) is 5.01. The van der Waals surface area contributed by atoms with Crippen LogP contribution < -0.4 is 5.73 Å². The predicted molar refractivity (Wildman–Crippen MR) is 78.4 cm³/mol. The first-order chi connectivity index (χ1) is 9.31. The summed E-state index contributed by atoms with van der Waals surface area (Å²) in [6.45, 7) is 1.14. The fourth-order valence-corrected chi connectivity index (χ4v) is 2.27. The average molecular weight is 298 g/mol. The number of hydrogen-bond acceptors (Lipinski definition) is 4. The lowest BCUT2D eigenvalue weighted by Gasteiger charge is -2.16. The number of nitrogens with zero attached hydrogens (tertiary/aromatic N) is 1. The van der Waals surface area contributed by atoms with Crippen LogP contribution in [0.15, 0.2) is 18.2 Å². The maximum absolute atomic E-state index is 13.5. The summed E-state index contributed by atoms with van der Waals surface area (Å²) in [7, 11) is -1.16. The van der Waals surface area contributed by atoms with Crippen molar-refractivity contribution in [1.29, 1.82) is 0 Å². The van der Waals surface area contributed by atoms with Crippen molar-refractivity contribution in [3.63, 3.8) is 0 Å². The van der Waals surface area contributed by atoms with Gasteiger partial charge >= 0.3 is 0 Å². The van der Waals surface area contributed by atoms with Crippen molar-refractivity contribution in [1.82, 2.24) is 4.90 Å². The summed E-state index contributed by atoms with van der Waals surface area (Å²) in [5.41, 5.74) is 6.45. The summed E-state index contributed by atoms with van der Waals surface area (Å²) in [4.78, 5) is 1.87. The van der Waals surface area contributed by atoms with Gasteiger partial charge in [0.25, 0.3) is 0 Å². The smallest absolute Gasteiger partial charge is 0.148 e. The molecule has 0 atom stereocenters. The highest BCUT2D eigenvalue weighted by molar-refractivity contribution is 7.90. The molecule has 0 aliphatic rings. The number of halogens is 1. The lowest BCUT2D eigenvalue weighted by atomic mass is 10.1. The molecule has 0 aliphatic heterocycles. The molecule has 0 saturated carbocycles. The van der Waals surface area contributed by atoms with Gasteiger partial charge in [0.1, 0.15) is 15.7 Å². The third-order valence-electron chi connectivity index (χ3n) is 2.65. The summed E-state index contributed by atoms with van der Waals surface area (Å²) in [5, 5.41) is 0. The monoisotopic (exact) mass is 298 g/mol. The fraction of sp³-hybridized carbons (Fsp3) is 0.429. The van der Waals surface area contributed by atoms with Gasteiger partial charge in [-0.15, -0.1) is 0 Å². The molecule has 4 nitrogen and oxygen atoms in total. The Hall–Kier alpha value is -1.42. The second-order valence-electron chi connectivity index (χ2n) is 4.69. The van der Waals surface area contributed by atoms with E-state index in [1.807, 2.05) is 11.9 Å². The molecule has 1 rings (SSSR count). The molecule has 0 fully saturated rings. The molecule has 2 N–H and O–H groups in total. The summed E-state index contributed by atoms with van der Waals surface area (Å²) in [6.07, 6.45) is 1.21. The predicted octanol–water partition coefficient (Wildman–Crippen LogP) is 0.612. The number of sulfone groups is 1. The molecule has 0 aliphatic carbocycles. The maximum atomic E-state index is 13.5. The first-order valence-electron chi connectivity index (χ1n) is 6.15. The Bertz CT molecular complexity index is 618. The van der Waals surface area contributed by atoms with Gasteiger partial charge in [-0.05, 0) is 24.7 Å². The third-order valence-corrected chi connectivity index (χ3v) is 3.58. The van der Waals surface area contributed by atoms with Gasteiger partial charge in [0.2, 0.25) is 0 Å². The van der Waals surface area contributed by atoms with E-state index in [0.717, 1.165) is 5.56 Å². The minimum Gasteiger partial charge on any atom is -0.320 e. The maximum Gasteiger partial charge on any atom is 0.148 e. The fourth-order valence-electron chi connectivity index (χ4n) is 1.63. The van der Waals surface area contributed by atoms with Crippen LogP contribution in [0.4, 0.5) is 4.39 Å². The van der Waals surface area contributed by atoms with E-state index in [9.17, 15) is 12.8 Å². The summed E-state index contributed by atoms with van der Waals surface area (Å²) >= 11 is 0. The highest BCUT2D eigenvalue weighted by Crippen LogP contribution is 2.11. The SMILES string of the molecule is CN(CCS(C)(=O)=O)Cc1ccc(F)c(C#CCN)c1. The Balaban J connectivity index is 2.73. The third kappa shape index (κ3) is 6.15. The van der Waals surface area contributed by atoms with Crippen molar-refractivity contribution in [2.45, 2.75) is 6.54 Å². The minimum atomic E-state index is -2.98. The van der Waals surface area contributed by atoms with Crippen LogP contribution >= 0.6 is 0 Å². The van der Waals surface area contributed by atoms with Crippen LogP contribution in [0.5, 0.6) is 0 Å². The van der Waals surface area contributed by atoms with Crippen molar-refractivity contribution in [2.24, 2.45) is 5.73 Å². The quantitative estimate of drug-likeness (QED) is 0.809. The van der Waals surface area contributed by atoms with Crippen LogP contribution in [-0.2, 0) is 16.4 Å². The Labute approximate surface area is 119 Å². The van der Waals surface area contributed by atoms with Gasteiger partial charge in [-0.1, -0.05) is 17.9 Å². The first kappa shape index (κ1) is 16.6. The number of benzene rings is 1. The van der Waals surface area contributed by atoms with E-state index in [4.69, 9.17) is 5.73 Å². The lowest BCUT2D eigenvalue weighted by molar-refractivity contribution is 0.346. The second kappa shape index (κ2) is 7.39. The van der Waals surface area contributed by atoms with Gasteiger partial charge < -0.3 is 10.6 Å². The highest BCUT2D eigenvalue weighted by atomic mass is 32.2. The Morgan fingerprint density at radius 3 is 2.70 bits per heavy atom. The molecule has 0 saturated heterocycles. The molecule has 0 radical (unpaired) electrons. The molecule has 20 heavy (non-hydrogen) atoms. The zero-order valence-electron chi connectivity index (χ0n) is 11.7. The van der Waals surface area contributed by atoms with Gasteiger partial charge in [0.15, 0.2) is 0 Å². The van der Waals surface area contributed by atoms with E-state index in [1.54, 1.807) is 12.1 Å². The van der Waals surface area contributed by atoms with Crippen molar-refractivity contribution in [2.75, 3.05) is 32.1 Å². The van der Waals surface area contributed by atoms with E-state index >= 15 is 0 Å². The summed E-state index contributed by atoms with van der Waals surface area (Å²) in [6, 6.07) is 4.69.